The molecular formula is C16H21N3. The van der Waals surface area contributed by atoms with E-state index in [-0.39, 0.29) is 0 Å². The number of hydrogen-bond donors (Lipinski definition) is 1. The summed E-state index contributed by atoms with van der Waals surface area (Å²) >= 11 is 0. The summed E-state index contributed by atoms with van der Waals surface area (Å²) in [5.74, 6) is 0.873. The number of imidazole rings is 1. The van der Waals surface area contributed by atoms with E-state index in [2.05, 4.69) is 39.1 Å². The molecule has 0 bridgehead atoms. The van der Waals surface area contributed by atoms with Crippen LogP contribution in [0.1, 0.15) is 31.2 Å². The topological polar surface area (TPSA) is 29.9 Å². The van der Waals surface area contributed by atoms with Crippen molar-refractivity contribution >= 4 is 5.69 Å². The largest absolute Gasteiger partial charge is 0.385 e. The predicted octanol–water partition coefficient (Wildman–Crippen LogP) is 3.53. The Bertz CT molecular complexity index is 498. The van der Waals surface area contributed by atoms with Gasteiger partial charge >= 0.3 is 0 Å². The zero-order chi connectivity index (χ0) is 12.9. The van der Waals surface area contributed by atoms with Crippen molar-refractivity contribution in [2.24, 2.45) is 5.92 Å². The third kappa shape index (κ3) is 3.37. The second-order valence-corrected chi connectivity index (χ2v) is 5.47. The Morgan fingerprint density at radius 1 is 1.26 bits per heavy atom. The molecule has 1 aliphatic rings. The van der Waals surface area contributed by atoms with Gasteiger partial charge in [-0.2, -0.15) is 0 Å². The van der Waals surface area contributed by atoms with Gasteiger partial charge in [0.2, 0.25) is 0 Å². The number of benzene rings is 1. The molecular weight excluding hydrogens is 234 g/mol. The van der Waals surface area contributed by atoms with Gasteiger partial charge in [-0.05, 0) is 36.5 Å². The SMILES string of the molecule is c1cc(Cn2ccnc2)cc(NCC2CCCC2)c1. The van der Waals surface area contributed by atoms with Crippen molar-refractivity contribution in [3.05, 3.63) is 48.5 Å². The van der Waals surface area contributed by atoms with Gasteiger partial charge in [0.05, 0.1) is 6.33 Å². The first-order valence-electron chi connectivity index (χ1n) is 7.19. The Labute approximate surface area is 114 Å². The van der Waals surface area contributed by atoms with Gasteiger partial charge in [-0.15, -0.1) is 0 Å². The minimum atomic E-state index is 0.873. The van der Waals surface area contributed by atoms with Crippen LogP contribution in [0.5, 0.6) is 0 Å². The molecule has 1 N–H and O–H groups in total. The van der Waals surface area contributed by atoms with E-state index in [9.17, 15) is 0 Å². The van der Waals surface area contributed by atoms with Crippen molar-refractivity contribution in [2.45, 2.75) is 32.2 Å². The fourth-order valence-corrected chi connectivity index (χ4v) is 2.85. The van der Waals surface area contributed by atoms with Crippen LogP contribution in [0.3, 0.4) is 0 Å². The standard InChI is InChI=1S/C16H21N3/c1-2-5-14(4-1)11-18-16-7-3-6-15(10-16)12-19-9-8-17-13-19/h3,6-10,13-14,18H,1-2,4-5,11-12H2. The average molecular weight is 255 g/mol. The second-order valence-electron chi connectivity index (χ2n) is 5.47. The van der Waals surface area contributed by atoms with Crippen LogP contribution in [0.15, 0.2) is 43.0 Å². The Morgan fingerprint density at radius 3 is 2.95 bits per heavy atom. The highest BCUT2D eigenvalue weighted by molar-refractivity contribution is 5.45. The van der Waals surface area contributed by atoms with Crippen molar-refractivity contribution in [1.29, 1.82) is 0 Å². The summed E-state index contributed by atoms with van der Waals surface area (Å²) in [5, 5.41) is 3.58. The van der Waals surface area contributed by atoms with Gasteiger partial charge in [0.15, 0.2) is 0 Å². The molecule has 0 unspecified atom stereocenters. The van der Waals surface area contributed by atoms with E-state index in [0.29, 0.717) is 0 Å². The van der Waals surface area contributed by atoms with Crippen molar-refractivity contribution in [3.8, 4) is 0 Å². The van der Waals surface area contributed by atoms with Gasteiger partial charge < -0.3 is 9.88 Å². The van der Waals surface area contributed by atoms with Gasteiger partial charge in [-0.1, -0.05) is 25.0 Å². The third-order valence-corrected chi connectivity index (χ3v) is 3.92. The summed E-state index contributed by atoms with van der Waals surface area (Å²) in [5.41, 5.74) is 2.55. The van der Waals surface area contributed by atoms with E-state index < -0.39 is 0 Å². The Kier molecular flexibility index (Phi) is 3.82. The van der Waals surface area contributed by atoms with Crippen LogP contribution in [-0.4, -0.2) is 16.1 Å². The van der Waals surface area contributed by atoms with Crippen LogP contribution in [0.2, 0.25) is 0 Å². The normalized spacial score (nSPS) is 15.8. The second kappa shape index (κ2) is 5.91. The smallest absolute Gasteiger partial charge is 0.0949 e. The van der Waals surface area contributed by atoms with Gasteiger partial charge in [-0.3, -0.25) is 0 Å². The van der Waals surface area contributed by atoms with Gasteiger partial charge in [0, 0.05) is 31.2 Å². The number of rotatable bonds is 5. The molecule has 1 aromatic carbocycles. The Morgan fingerprint density at radius 2 is 2.16 bits per heavy atom. The molecule has 0 radical (unpaired) electrons. The summed E-state index contributed by atoms with van der Waals surface area (Å²) in [6.07, 6.45) is 11.3. The maximum Gasteiger partial charge on any atom is 0.0949 e. The number of hydrogen-bond acceptors (Lipinski definition) is 2. The van der Waals surface area contributed by atoms with Crippen molar-refractivity contribution in [1.82, 2.24) is 9.55 Å². The minimum absolute atomic E-state index is 0.873. The zero-order valence-electron chi connectivity index (χ0n) is 11.3. The lowest BCUT2D eigenvalue weighted by atomic mass is 10.1. The molecule has 1 heterocycles. The molecule has 0 saturated heterocycles. The van der Waals surface area contributed by atoms with Crippen molar-refractivity contribution in [3.63, 3.8) is 0 Å². The lowest BCUT2D eigenvalue weighted by molar-refractivity contribution is 0.580. The number of aromatic nitrogens is 2. The first-order chi connectivity index (χ1) is 9.40. The lowest BCUT2D eigenvalue weighted by Gasteiger charge is -2.13. The third-order valence-electron chi connectivity index (χ3n) is 3.92. The Hall–Kier alpha value is -1.77. The molecule has 1 saturated carbocycles. The van der Waals surface area contributed by atoms with E-state index >= 15 is 0 Å². The quantitative estimate of drug-likeness (QED) is 0.885. The molecule has 2 aromatic rings. The fraction of sp³-hybridized carbons (Fsp3) is 0.438. The Balaban J connectivity index is 1.59. The van der Waals surface area contributed by atoms with Crippen LogP contribution >= 0.6 is 0 Å². The van der Waals surface area contributed by atoms with Gasteiger partial charge in [-0.25, -0.2) is 4.98 Å². The van der Waals surface area contributed by atoms with Gasteiger partial charge in [0.25, 0.3) is 0 Å². The molecule has 0 atom stereocenters. The summed E-state index contributed by atoms with van der Waals surface area (Å²) < 4.78 is 2.09. The van der Waals surface area contributed by atoms with E-state index in [1.165, 1.54) is 36.9 Å². The molecule has 1 fully saturated rings. The molecule has 3 heteroatoms. The molecule has 1 aliphatic carbocycles. The van der Waals surface area contributed by atoms with Gasteiger partial charge in [0.1, 0.15) is 0 Å². The lowest BCUT2D eigenvalue weighted by Crippen LogP contribution is -2.11. The van der Waals surface area contributed by atoms with E-state index in [0.717, 1.165) is 19.0 Å². The molecule has 0 spiro atoms. The summed E-state index contributed by atoms with van der Waals surface area (Å²) in [6.45, 7) is 2.01. The van der Waals surface area contributed by atoms with Crippen LogP contribution < -0.4 is 5.32 Å². The predicted molar refractivity (Wildman–Crippen MR) is 78.2 cm³/mol. The van der Waals surface area contributed by atoms with E-state index in [1.807, 2.05) is 18.7 Å². The van der Waals surface area contributed by atoms with E-state index in [4.69, 9.17) is 0 Å². The first kappa shape index (κ1) is 12.3. The summed E-state index contributed by atoms with van der Waals surface area (Å²) in [6, 6.07) is 8.70. The molecule has 19 heavy (non-hydrogen) atoms. The fourth-order valence-electron chi connectivity index (χ4n) is 2.85. The maximum absolute atomic E-state index is 4.08. The number of nitrogens with one attached hydrogen (secondary N) is 1. The molecule has 0 aliphatic heterocycles. The molecule has 0 amide bonds. The molecule has 100 valence electrons. The van der Waals surface area contributed by atoms with E-state index in [1.54, 1.807) is 0 Å². The highest BCUT2D eigenvalue weighted by Crippen LogP contribution is 2.25. The van der Waals surface area contributed by atoms with Crippen molar-refractivity contribution in [2.75, 3.05) is 11.9 Å². The number of nitrogens with zero attached hydrogens (tertiary/aromatic N) is 2. The highest BCUT2D eigenvalue weighted by atomic mass is 15.0. The van der Waals surface area contributed by atoms with Crippen molar-refractivity contribution < 1.29 is 0 Å². The number of anilines is 1. The highest BCUT2D eigenvalue weighted by Gasteiger charge is 2.14. The summed E-state index contributed by atoms with van der Waals surface area (Å²) in [7, 11) is 0. The molecule has 3 nitrogen and oxygen atoms in total. The maximum atomic E-state index is 4.08. The monoisotopic (exact) mass is 255 g/mol. The molecule has 1 aromatic heterocycles. The van der Waals surface area contributed by atoms with Crippen LogP contribution in [-0.2, 0) is 6.54 Å². The zero-order valence-corrected chi connectivity index (χ0v) is 11.3. The minimum Gasteiger partial charge on any atom is -0.385 e. The first-order valence-corrected chi connectivity index (χ1v) is 7.19. The van der Waals surface area contributed by atoms with Crippen LogP contribution in [0, 0.1) is 5.92 Å². The average Bonchev–Trinajstić information content (AvgIpc) is 3.10. The molecule has 3 rings (SSSR count). The van der Waals surface area contributed by atoms with Crippen LogP contribution in [0.4, 0.5) is 5.69 Å². The van der Waals surface area contributed by atoms with Crippen LogP contribution in [0.25, 0.3) is 0 Å². The summed E-state index contributed by atoms with van der Waals surface area (Å²) in [4.78, 5) is 4.08.